The summed E-state index contributed by atoms with van der Waals surface area (Å²) in [5.74, 6) is -0.216. The largest absolute Gasteiger partial charge is 0.380 e. The number of nitrogens with one attached hydrogen (secondary N) is 1. The van der Waals surface area contributed by atoms with Crippen molar-refractivity contribution in [3.8, 4) is 0 Å². The molecule has 1 N–H and O–H groups in total. The van der Waals surface area contributed by atoms with Gasteiger partial charge in [-0.15, -0.1) is 0 Å². The van der Waals surface area contributed by atoms with Gasteiger partial charge in [-0.05, 0) is 52.4 Å². The number of fused-ring (bicyclic) bond motifs is 1. The van der Waals surface area contributed by atoms with Gasteiger partial charge in [0.2, 0.25) is 0 Å². The van der Waals surface area contributed by atoms with Gasteiger partial charge in [0.15, 0.2) is 0 Å². The van der Waals surface area contributed by atoms with Crippen molar-refractivity contribution in [2.75, 3.05) is 5.32 Å². The summed E-state index contributed by atoms with van der Waals surface area (Å²) in [6.45, 7) is 0.663. The van der Waals surface area contributed by atoms with Gasteiger partial charge in [0.1, 0.15) is 5.82 Å². The van der Waals surface area contributed by atoms with E-state index in [0.717, 1.165) is 25.7 Å². The number of hydrogen-bond donors (Lipinski definition) is 1. The van der Waals surface area contributed by atoms with Crippen LogP contribution in [0.5, 0.6) is 0 Å². The van der Waals surface area contributed by atoms with Crippen molar-refractivity contribution in [2.45, 2.75) is 6.54 Å². The second-order valence-corrected chi connectivity index (χ2v) is 5.63. The summed E-state index contributed by atoms with van der Waals surface area (Å²) in [5, 5.41) is 4.46. The molecule has 1 heterocycles. The zero-order valence-corrected chi connectivity index (χ0v) is 12.8. The van der Waals surface area contributed by atoms with Gasteiger partial charge >= 0.3 is 0 Å². The van der Waals surface area contributed by atoms with Crippen LogP contribution in [0.15, 0.2) is 54.7 Å². The highest BCUT2D eigenvalue weighted by atomic mass is 127. The van der Waals surface area contributed by atoms with Crippen LogP contribution >= 0.6 is 22.6 Å². The molecule has 2 nitrogen and oxygen atoms in total. The van der Waals surface area contributed by atoms with Crippen LogP contribution in [0.2, 0.25) is 0 Å². The minimum absolute atomic E-state index is 0.216. The molecule has 0 fully saturated rings. The highest BCUT2D eigenvalue weighted by Crippen LogP contribution is 2.21. The maximum absolute atomic E-state index is 13.1. The Morgan fingerprint density at radius 3 is 2.80 bits per heavy atom. The van der Waals surface area contributed by atoms with Crippen LogP contribution in [0.4, 0.5) is 10.1 Å². The Bertz CT molecular complexity index is 753. The molecular weight excluding hydrogens is 366 g/mol. The van der Waals surface area contributed by atoms with Crippen LogP contribution in [-0.4, -0.2) is 4.98 Å². The first-order chi connectivity index (χ1) is 9.74. The highest BCUT2D eigenvalue weighted by molar-refractivity contribution is 14.1. The lowest BCUT2D eigenvalue weighted by Gasteiger charge is -2.10. The molecule has 1 aromatic heterocycles. The van der Waals surface area contributed by atoms with Crippen molar-refractivity contribution < 1.29 is 4.39 Å². The van der Waals surface area contributed by atoms with E-state index in [4.69, 9.17) is 0 Å². The van der Waals surface area contributed by atoms with E-state index in [1.54, 1.807) is 12.3 Å². The van der Waals surface area contributed by atoms with E-state index in [1.165, 1.54) is 12.1 Å². The van der Waals surface area contributed by atoms with E-state index < -0.39 is 0 Å². The van der Waals surface area contributed by atoms with Crippen molar-refractivity contribution in [1.82, 2.24) is 4.98 Å². The number of pyridine rings is 1. The average molecular weight is 378 g/mol. The summed E-state index contributed by atoms with van der Waals surface area (Å²) in [6, 6.07) is 14.9. The SMILES string of the molecule is Fc1ccc(NCc2cccc3cccnc23)c(I)c1. The molecule has 3 aromatic rings. The molecule has 100 valence electrons. The van der Waals surface area contributed by atoms with E-state index in [9.17, 15) is 4.39 Å². The predicted molar refractivity (Wildman–Crippen MR) is 88.2 cm³/mol. The minimum Gasteiger partial charge on any atom is -0.380 e. The first-order valence-electron chi connectivity index (χ1n) is 6.25. The Morgan fingerprint density at radius 1 is 1.10 bits per heavy atom. The van der Waals surface area contributed by atoms with Crippen molar-refractivity contribution in [3.05, 3.63) is 69.7 Å². The number of aromatic nitrogens is 1. The summed E-state index contributed by atoms with van der Waals surface area (Å²) in [4.78, 5) is 4.43. The van der Waals surface area contributed by atoms with Gasteiger partial charge in [-0.1, -0.05) is 24.3 Å². The van der Waals surface area contributed by atoms with Crippen molar-refractivity contribution in [1.29, 1.82) is 0 Å². The quantitative estimate of drug-likeness (QED) is 0.675. The Labute approximate surface area is 130 Å². The Morgan fingerprint density at radius 2 is 1.95 bits per heavy atom. The molecule has 3 rings (SSSR count). The monoisotopic (exact) mass is 378 g/mol. The molecule has 4 heteroatoms. The molecule has 0 saturated carbocycles. The number of nitrogens with zero attached hydrogens (tertiary/aromatic N) is 1. The molecular formula is C16H12FIN2. The van der Waals surface area contributed by atoms with E-state index in [1.807, 2.05) is 24.3 Å². The standard InChI is InChI=1S/C16H12FIN2/c17-13-6-7-15(14(18)9-13)20-10-12-4-1-3-11-5-2-8-19-16(11)12/h1-9,20H,10H2. The van der Waals surface area contributed by atoms with Gasteiger partial charge in [0, 0.05) is 27.4 Å². The van der Waals surface area contributed by atoms with Crippen LogP contribution in [0.3, 0.4) is 0 Å². The molecule has 0 aliphatic heterocycles. The van der Waals surface area contributed by atoms with Crippen LogP contribution in [0.1, 0.15) is 5.56 Å². The molecule has 0 aliphatic carbocycles. The number of benzene rings is 2. The Kier molecular flexibility index (Phi) is 3.82. The summed E-state index contributed by atoms with van der Waals surface area (Å²) in [5.41, 5.74) is 3.06. The lowest BCUT2D eigenvalue weighted by atomic mass is 10.1. The molecule has 0 atom stereocenters. The zero-order chi connectivity index (χ0) is 13.9. The first kappa shape index (κ1) is 13.3. The molecule has 20 heavy (non-hydrogen) atoms. The zero-order valence-electron chi connectivity index (χ0n) is 10.6. The molecule has 0 saturated heterocycles. The fourth-order valence-corrected chi connectivity index (χ4v) is 2.80. The summed E-state index contributed by atoms with van der Waals surface area (Å²) in [7, 11) is 0. The molecule has 0 aliphatic rings. The van der Waals surface area contributed by atoms with Gasteiger partial charge in [0.05, 0.1) is 5.52 Å². The molecule has 0 spiro atoms. The Hall–Kier alpha value is -1.69. The third kappa shape index (κ3) is 2.75. The predicted octanol–water partition coefficient (Wildman–Crippen LogP) is 4.59. The van der Waals surface area contributed by atoms with Crippen molar-refractivity contribution in [2.24, 2.45) is 0 Å². The molecule has 0 unspecified atom stereocenters. The van der Waals surface area contributed by atoms with Gasteiger partial charge < -0.3 is 5.32 Å². The van der Waals surface area contributed by atoms with E-state index >= 15 is 0 Å². The number of para-hydroxylation sites is 1. The molecule has 0 amide bonds. The fraction of sp³-hybridized carbons (Fsp3) is 0.0625. The summed E-state index contributed by atoms with van der Waals surface area (Å²) < 4.78 is 13.9. The molecule has 0 bridgehead atoms. The second kappa shape index (κ2) is 5.75. The highest BCUT2D eigenvalue weighted by Gasteiger charge is 2.04. The summed E-state index contributed by atoms with van der Waals surface area (Å²) >= 11 is 2.13. The maximum atomic E-state index is 13.1. The lowest BCUT2D eigenvalue weighted by molar-refractivity contribution is 0.627. The first-order valence-corrected chi connectivity index (χ1v) is 7.33. The molecule has 0 radical (unpaired) electrons. The van der Waals surface area contributed by atoms with E-state index in [2.05, 4.69) is 39.0 Å². The van der Waals surface area contributed by atoms with Crippen LogP contribution in [0.25, 0.3) is 10.9 Å². The van der Waals surface area contributed by atoms with Gasteiger partial charge in [-0.25, -0.2) is 4.39 Å². The van der Waals surface area contributed by atoms with Gasteiger partial charge in [-0.2, -0.15) is 0 Å². The maximum Gasteiger partial charge on any atom is 0.124 e. The van der Waals surface area contributed by atoms with Crippen LogP contribution in [0, 0.1) is 9.39 Å². The number of hydrogen-bond acceptors (Lipinski definition) is 2. The normalized spacial score (nSPS) is 10.7. The lowest BCUT2D eigenvalue weighted by Crippen LogP contribution is -2.02. The van der Waals surface area contributed by atoms with Crippen LogP contribution < -0.4 is 5.32 Å². The smallest absolute Gasteiger partial charge is 0.124 e. The number of halogens is 2. The average Bonchev–Trinajstić information content (AvgIpc) is 2.46. The third-order valence-corrected chi connectivity index (χ3v) is 4.01. The van der Waals surface area contributed by atoms with Crippen LogP contribution in [-0.2, 0) is 6.54 Å². The van der Waals surface area contributed by atoms with Gasteiger partial charge in [-0.3, -0.25) is 4.98 Å². The fourth-order valence-electron chi connectivity index (χ4n) is 2.13. The van der Waals surface area contributed by atoms with E-state index in [0.29, 0.717) is 6.54 Å². The second-order valence-electron chi connectivity index (χ2n) is 4.47. The van der Waals surface area contributed by atoms with Crippen molar-refractivity contribution >= 4 is 39.2 Å². The number of rotatable bonds is 3. The van der Waals surface area contributed by atoms with Crippen molar-refractivity contribution in [3.63, 3.8) is 0 Å². The topological polar surface area (TPSA) is 24.9 Å². The number of anilines is 1. The summed E-state index contributed by atoms with van der Waals surface area (Å²) in [6.07, 6.45) is 1.80. The molecule has 2 aromatic carbocycles. The van der Waals surface area contributed by atoms with Gasteiger partial charge in [0.25, 0.3) is 0 Å². The Balaban J connectivity index is 1.87. The van der Waals surface area contributed by atoms with E-state index in [-0.39, 0.29) is 5.82 Å². The third-order valence-electron chi connectivity index (χ3n) is 3.12. The minimum atomic E-state index is -0.216.